The van der Waals surface area contributed by atoms with Crippen molar-refractivity contribution in [1.82, 2.24) is 0 Å². The van der Waals surface area contributed by atoms with E-state index in [9.17, 15) is 18.1 Å². The van der Waals surface area contributed by atoms with E-state index < -0.39 is 10.4 Å². The molecule has 2 aromatic rings. The van der Waals surface area contributed by atoms with Gasteiger partial charge in [-0.05, 0) is 80.3 Å². The van der Waals surface area contributed by atoms with Crippen molar-refractivity contribution in [1.29, 1.82) is 0 Å². The Labute approximate surface area is 254 Å². The fourth-order valence-electron chi connectivity index (χ4n) is 4.83. The molecule has 0 heterocycles. The summed E-state index contributed by atoms with van der Waals surface area (Å²) >= 11 is 0. The number of aromatic hydroxyl groups is 1. The third-order valence-corrected chi connectivity index (χ3v) is 7.34. The van der Waals surface area contributed by atoms with Crippen LogP contribution in [0.15, 0.2) is 36.4 Å². The van der Waals surface area contributed by atoms with E-state index in [4.69, 9.17) is 4.18 Å². The van der Waals surface area contributed by atoms with Gasteiger partial charge in [0.2, 0.25) is 0 Å². The van der Waals surface area contributed by atoms with Gasteiger partial charge in [-0.25, -0.2) is 9.78 Å². The molecule has 0 aliphatic carbocycles. The van der Waals surface area contributed by atoms with Gasteiger partial charge in [-0.1, -0.05) is 107 Å². The summed E-state index contributed by atoms with van der Waals surface area (Å²) < 4.78 is 37.2. The smallest absolute Gasteiger partial charge is 0.446 e. The van der Waals surface area contributed by atoms with E-state index >= 15 is 0 Å². The highest BCUT2D eigenvalue weighted by Gasteiger charge is 2.17. The Hall–Kier alpha value is -2.17. The molecule has 0 unspecified atom stereocenters. The predicted molar refractivity (Wildman–Crippen MR) is 168 cm³/mol. The number of hydrogen-bond acceptors (Lipinski definition) is 7. The van der Waals surface area contributed by atoms with Gasteiger partial charge in [-0.15, -0.1) is 0 Å². The summed E-state index contributed by atoms with van der Waals surface area (Å²) in [7, 11) is -4.61. The number of hydrogen-bond donors (Lipinski definition) is 2. The van der Waals surface area contributed by atoms with Crippen molar-refractivity contribution in [3.05, 3.63) is 58.7 Å². The molecular formula is C33H54O8S. The molecule has 0 aromatic heterocycles. The lowest BCUT2D eigenvalue weighted by Gasteiger charge is -2.17. The summed E-state index contributed by atoms with van der Waals surface area (Å²) in [5, 5.41) is 14.7. The van der Waals surface area contributed by atoms with E-state index in [2.05, 4.69) is 28.7 Å². The van der Waals surface area contributed by atoms with Crippen LogP contribution in [0.2, 0.25) is 0 Å². The third kappa shape index (κ3) is 17.1. The van der Waals surface area contributed by atoms with Crippen molar-refractivity contribution in [3.63, 3.8) is 0 Å². The van der Waals surface area contributed by atoms with E-state index in [1.54, 1.807) is 18.2 Å². The van der Waals surface area contributed by atoms with Gasteiger partial charge in [0.25, 0.3) is 0 Å². The summed E-state index contributed by atoms with van der Waals surface area (Å²) in [5.41, 5.74) is 3.80. The fourth-order valence-corrected chi connectivity index (χ4v) is 5.21. The molecule has 8 nitrogen and oxygen atoms in total. The van der Waals surface area contributed by atoms with E-state index in [1.165, 1.54) is 44.9 Å². The van der Waals surface area contributed by atoms with Crippen molar-refractivity contribution >= 4 is 10.4 Å². The SMILES string of the molecule is CCCCCCCCc1c(O)cccc1Cc1cccc(OS(=O)(=O)O)c1CCCCCCCC.CCOOOCC. The van der Waals surface area contributed by atoms with Gasteiger partial charge in [-0.3, -0.25) is 4.55 Å². The van der Waals surface area contributed by atoms with Crippen LogP contribution in [0.3, 0.4) is 0 Å². The van der Waals surface area contributed by atoms with Crippen LogP contribution in [0.5, 0.6) is 11.5 Å². The molecule has 0 aliphatic heterocycles. The maximum atomic E-state index is 11.5. The molecule has 0 aliphatic rings. The van der Waals surface area contributed by atoms with Crippen molar-refractivity contribution in [2.45, 2.75) is 124 Å². The minimum atomic E-state index is -4.61. The summed E-state index contributed by atoms with van der Waals surface area (Å²) in [6, 6.07) is 11.0. The Balaban J connectivity index is 0.00000112. The van der Waals surface area contributed by atoms with E-state index in [-0.39, 0.29) is 5.75 Å². The van der Waals surface area contributed by atoms with Crippen LogP contribution in [0.25, 0.3) is 0 Å². The third-order valence-electron chi connectivity index (χ3n) is 6.95. The number of rotatable bonds is 22. The second-order valence-corrected chi connectivity index (χ2v) is 11.4. The van der Waals surface area contributed by atoms with Crippen LogP contribution in [0, 0.1) is 0 Å². The molecule has 2 N–H and O–H groups in total. The summed E-state index contributed by atoms with van der Waals surface area (Å²) in [6.07, 6.45) is 16.0. The molecular weight excluding hydrogens is 556 g/mol. The molecule has 0 saturated carbocycles. The summed E-state index contributed by atoms with van der Waals surface area (Å²) in [6.45, 7) is 9.07. The maximum Gasteiger partial charge on any atom is 0.446 e. The summed E-state index contributed by atoms with van der Waals surface area (Å²) in [4.78, 5) is 8.70. The van der Waals surface area contributed by atoms with Crippen molar-refractivity contribution in [3.8, 4) is 11.5 Å². The topological polar surface area (TPSA) is 112 Å². The van der Waals surface area contributed by atoms with Crippen molar-refractivity contribution in [2.24, 2.45) is 0 Å². The van der Waals surface area contributed by atoms with Crippen LogP contribution < -0.4 is 4.18 Å². The molecule has 0 bridgehead atoms. The zero-order chi connectivity index (χ0) is 31.1. The van der Waals surface area contributed by atoms with Gasteiger partial charge in [0.15, 0.2) is 0 Å². The van der Waals surface area contributed by atoms with Gasteiger partial charge in [0.1, 0.15) is 11.5 Å². The number of unbranched alkanes of at least 4 members (excludes halogenated alkanes) is 10. The molecule has 2 rings (SSSR count). The van der Waals surface area contributed by atoms with E-state index in [0.29, 0.717) is 31.8 Å². The average Bonchev–Trinajstić information content (AvgIpc) is 2.95. The molecule has 0 spiro atoms. The Kier molecular flexibility index (Phi) is 21.0. The highest BCUT2D eigenvalue weighted by molar-refractivity contribution is 7.81. The van der Waals surface area contributed by atoms with Crippen LogP contribution in [0.1, 0.15) is 127 Å². The van der Waals surface area contributed by atoms with Crippen LogP contribution in [-0.4, -0.2) is 31.3 Å². The maximum absolute atomic E-state index is 11.5. The number of phenolic OH excluding ortho intramolecular Hbond substituents is 1. The zero-order valence-corrected chi connectivity index (χ0v) is 27.1. The second-order valence-electron chi connectivity index (χ2n) is 10.4. The van der Waals surface area contributed by atoms with Gasteiger partial charge in [0, 0.05) is 0 Å². The Bertz CT molecular complexity index is 1070. The zero-order valence-electron chi connectivity index (χ0n) is 26.2. The quantitative estimate of drug-likeness (QED) is 0.0588. The lowest BCUT2D eigenvalue weighted by Crippen LogP contribution is -2.10. The van der Waals surface area contributed by atoms with Gasteiger partial charge in [0.05, 0.1) is 13.2 Å². The molecule has 0 radical (unpaired) electrons. The van der Waals surface area contributed by atoms with Gasteiger partial charge >= 0.3 is 10.4 Å². The Morgan fingerprint density at radius 1 is 0.643 bits per heavy atom. The predicted octanol–water partition coefficient (Wildman–Crippen LogP) is 8.88. The van der Waals surface area contributed by atoms with Gasteiger partial charge < -0.3 is 9.29 Å². The largest absolute Gasteiger partial charge is 0.508 e. The first kappa shape index (κ1) is 37.9. The highest BCUT2D eigenvalue weighted by atomic mass is 32.3. The van der Waals surface area contributed by atoms with Crippen molar-refractivity contribution < 1.29 is 37.1 Å². The van der Waals surface area contributed by atoms with E-state index in [1.807, 2.05) is 32.0 Å². The second kappa shape index (κ2) is 23.3. The first-order chi connectivity index (χ1) is 20.3. The Morgan fingerprint density at radius 3 is 1.64 bits per heavy atom. The van der Waals surface area contributed by atoms with E-state index in [0.717, 1.165) is 60.8 Å². The highest BCUT2D eigenvalue weighted by Crippen LogP contribution is 2.31. The molecule has 0 saturated heterocycles. The minimum absolute atomic E-state index is 0.191. The molecule has 9 heteroatoms. The number of phenols is 1. The molecule has 2 aromatic carbocycles. The minimum Gasteiger partial charge on any atom is -0.508 e. The van der Waals surface area contributed by atoms with Crippen LogP contribution >= 0.6 is 0 Å². The number of benzene rings is 2. The average molecular weight is 611 g/mol. The summed E-state index contributed by atoms with van der Waals surface area (Å²) in [5.74, 6) is 0.509. The lowest BCUT2D eigenvalue weighted by atomic mass is 9.91. The first-order valence-corrected chi connectivity index (χ1v) is 17.1. The molecule has 240 valence electrons. The van der Waals surface area contributed by atoms with Crippen molar-refractivity contribution in [2.75, 3.05) is 13.2 Å². The lowest BCUT2D eigenvalue weighted by molar-refractivity contribution is -0.509. The standard InChI is InChI=1S/C29H44O5S.C4H10O3/c1-3-5-7-9-11-13-19-26-24(17-15-21-28(26)30)23-25-18-16-22-29(34-35(31,32)33)27(25)20-14-12-10-8-6-4-2;1-3-5-7-6-4-2/h15-18,21-22,30H,3-14,19-20,23H2,1-2H3,(H,31,32,33);3-4H2,1-2H3. The molecule has 0 amide bonds. The molecule has 0 fully saturated rings. The monoisotopic (exact) mass is 610 g/mol. The fraction of sp³-hybridized carbons (Fsp3) is 0.636. The van der Waals surface area contributed by atoms with Crippen LogP contribution in [-0.2, 0) is 44.5 Å². The van der Waals surface area contributed by atoms with Gasteiger partial charge in [-0.2, -0.15) is 8.42 Å². The molecule has 42 heavy (non-hydrogen) atoms. The first-order valence-electron chi connectivity index (χ1n) is 15.8. The van der Waals surface area contributed by atoms with Crippen LogP contribution in [0.4, 0.5) is 0 Å². The molecule has 0 atom stereocenters. The normalized spacial score (nSPS) is 11.3. The Morgan fingerprint density at radius 2 is 1.12 bits per heavy atom.